The molecule has 1 fully saturated rings. The van der Waals surface area contributed by atoms with Gasteiger partial charge in [0.15, 0.2) is 0 Å². The van der Waals surface area contributed by atoms with Gasteiger partial charge in [-0.05, 0) is 44.2 Å². The number of halogens is 2. The van der Waals surface area contributed by atoms with E-state index in [9.17, 15) is 4.79 Å². The van der Waals surface area contributed by atoms with Crippen molar-refractivity contribution in [2.75, 3.05) is 11.9 Å². The van der Waals surface area contributed by atoms with Gasteiger partial charge < -0.3 is 11.1 Å². The normalized spacial score (nSPS) is 21.7. The highest BCUT2D eigenvalue weighted by Crippen LogP contribution is 2.28. The molecule has 0 radical (unpaired) electrons. The van der Waals surface area contributed by atoms with E-state index in [1.54, 1.807) is 18.5 Å². The van der Waals surface area contributed by atoms with Crippen LogP contribution >= 0.6 is 24.8 Å². The van der Waals surface area contributed by atoms with E-state index in [1.165, 1.54) is 0 Å². The molecule has 0 atom stereocenters. The minimum Gasteiger partial charge on any atom is -0.330 e. The van der Waals surface area contributed by atoms with Gasteiger partial charge in [0.1, 0.15) is 0 Å². The number of amides is 1. The molecule has 7 heteroatoms. The lowest BCUT2D eigenvalue weighted by Gasteiger charge is -2.26. The monoisotopic (exact) mass is 306 g/mol. The van der Waals surface area contributed by atoms with Crippen LogP contribution in [-0.2, 0) is 4.79 Å². The summed E-state index contributed by atoms with van der Waals surface area (Å²) < 4.78 is 0. The summed E-state index contributed by atoms with van der Waals surface area (Å²) in [7, 11) is 0. The minimum atomic E-state index is 0. The molecule has 1 aromatic rings. The Balaban J connectivity index is 0.00000162. The lowest BCUT2D eigenvalue weighted by atomic mass is 9.81. The van der Waals surface area contributed by atoms with E-state index in [1.807, 2.05) is 0 Å². The second kappa shape index (κ2) is 9.07. The highest BCUT2D eigenvalue weighted by atomic mass is 35.5. The maximum atomic E-state index is 12.0. The molecule has 0 aromatic carbocycles. The third kappa shape index (κ3) is 5.30. The number of anilines is 1. The van der Waals surface area contributed by atoms with Gasteiger partial charge in [-0.3, -0.25) is 4.79 Å². The fraction of sp³-hybridized carbons (Fsp3) is 0.583. The summed E-state index contributed by atoms with van der Waals surface area (Å²) >= 11 is 0. The molecule has 1 heterocycles. The number of rotatable bonds is 3. The average Bonchev–Trinajstić information content (AvgIpc) is 2.40. The second-order valence-corrected chi connectivity index (χ2v) is 4.57. The van der Waals surface area contributed by atoms with Crippen molar-refractivity contribution in [3.63, 3.8) is 0 Å². The largest absolute Gasteiger partial charge is 0.330 e. The van der Waals surface area contributed by atoms with E-state index in [4.69, 9.17) is 5.73 Å². The van der Waals surface area contributed by atoms with Gasteiger partial charge in [-0.2, -0.15) is 10.2 Å². The molecule has 1 aliphatic rings. The third-order valence-electron chi connectivity index (χ3n) is 3.40. The molecule has 1 amide bonds. The van der Waals surface area contributed by atoms with Gasteiger partial charge in [0.05, 0.1) is 18.1 Å². The first-order valence-corrected chi connectivity index (χ1v) is 6.07. The van der Waals surface area contributed by atoms with Crippen LogP contribution in [-0.4, -0.2) is 22.6 Å². The number of hydrogen-bond donors (Lipinski definition) is 2. The van der Waals surface area contributed by atoms with Crippen molar-refractivity contribution >= 4 is 36.4 Å². The van der Waals surface area contributed by atoms with Crippen molar-refractivity contribution < 1.29 is 4.79 Å². The number of carbonyl (C=O) groups excluding carboxylic acids is 1. The quantitative estimate of drug-likeness (QED) is 0.895. The fourth-order valence-electron chi connectivity index (χ4n) is 2.27. The molecule has 0 spiro atoms. The van der Waals surface area contributed by atoms with Crippen LogP contribution in [0.2, 0.25) is 0 Å². The van der Waals surface area contributed by atoms with Crippen molar-refractivity contribution in [2.24, 2.45) is 17.6 Å². The van der Waals surface area contributed by atoms with Gasteiger partial charge >= 0.3 is 0 Å². The van der Waals surface area contributed by atoms with E-state index in [2.05, 4.69) is 15.5 Å². The van der Waals surface area contributed by atoms with Crippen molar-refractivity contribution in [3.8, 4) is 0 Å². The molecule has 19 heavy (non-hydrogen) atoms. The molecule has 5 nitrogen and oxygen atoms in total. The molecule has 0 aliphatic heterocycles. The number of nitrogens with one attached hydrogen (secondary N) is 1. The maximum absolute atomic E-state index is 12.0. The summed E-state index contributed by atoms with van der Waals surface area (Å²) in [6, 6.07) is 1.75. The summed E-state index contributed by atoms with van der Waals surface area (Å²) in [5.41, 5.74) is 6.35. The molecule has 1 aliphatic carbocycles. The zero-order valence-corrected chi connectivity index (χ0v) is 12.3. The smallest absolute Gasteiger partial charge is 0.227 e. The van der Waals surface area contributed by atoms with Crippen LogP contribution in [0.4, 0.5) is 5.69 Å². The predicted molar refractivity (Wildman–Crippen MR) is 79.7 cm³/mol. The van der Waals surface area contributed by atoms with Crippen molar-refractivity contribution in [3.05, 3.63) is 18.5 Å². The molecule has 1 saturated carbocycles. The summed E-state index contributed by atoms with van der Waals surface area (Å²) in [6.07, 6.45) is 7.12. The molecule has 1 aromatic heterocycles. The Morgan fingerprint density at radius 2 is 1.95 bits per heavy atom. The molecule has 0 unspecified atom stereocenters. The number of hydrogen-bond acceptors (Lipinski definition) is 4. The number of nitrogens with zero attached hydrogens (tertiary/aromatic N) is 2. The summed E-state index contributed by atoms with van der Waals surface area (Å²) in [5.74, 6) is 0.807. The van der Waals surface area contributed by atoms with E-state index in [0.717, 1.165) is 32.2 Å². The SMILES string of the molecule is Cl.Cl.NCC1CCC(C(=O)Nc2ccnnc2)CC1. The van der Waals surface area contributed by atoms with Gasteiger partial charge in [-0.15, -0.1) is 24.8 Å². The van der Waals surface area contributed by atoms with Gasteiger partial charge in [0, 0.05) is 5.92 Å². The van der Waals surface area contributed by atoms with Crippen LogP contribution in [0.25, 0.3) is 0 Å². The lowest BCUT2D eigenvalue weighted by Crippen LogP contribution is -2.29. The maximum Gasteiger partial charge on any atom is 0.227 e. The second-order valence-electron chi connectivity index (χ2n) is 4.57. The zero-order valence-electron chi connectivity index (χ0n) is 10.6. The number of aromatic nitrogens is 2. The summed E-state index contributed by atoms with van der Waals surface area (Å²) in [5, 5.41) is 10.3. The molecule has 3 N–H and O–H groups in total. The Morgan fingerprint density at radius 1 is 1.26 bits per heavy atom. The first kappa shape index (κ1) is 18.1. The van der Waals surface area contributed by atoms with E-state index in [0.29, 0.717) is 11.6 Å². The first-order chi connectivity index (χ1) is 8.29. The molecule has 0 bridgehead atoms. The minimum absolute atomic E-state index is 0. The number of nitrogens with two attached hydrogens (primary N) is 1. The Labute approximate surface area is 125 Å². The highest BCUT2D eigenvalue weighted by molar-refractivity contribution is 5.92. The van der Waals surface area contributed by atoms with Crippen molar-refractivity contribution in [1.82, 2.24) is 10.2 Å². The van der Waals surface area contributed by atoms with Gasteiger partial charge in [-0.1, -0.05) is 0 Å². The molecular formula is C12H20Cl2N4O. The van der Waals surface area contributed by atoms with Gasteiger partial charge in [-0.25, -0.2) is 0 Å². The topological polar surface area (TPSA) is 80.9 Å². The highest BCUT2D eigenvalue weighted by Gasteiger charge is 2.25. The van der Waals surface area contributed by atoms with Crippen LogP contribution in [0.15, 0.2) is 18.5 Å². The van der Waals surface area contributed by atoms with E-state index >= 15 is 0 Å². The fourth-order valence-corrected chi connectivity index (χ4v) is 2.27. The van der Waals surface area contributed by atoms with Gasteiger partial charge in [0.25, 0.3) is 0 Å². The lowest BCUT2D eigenvalue weighted by molar-refractivity contribution is -0.121. The molecule has 0 saturated heterocycles. The Kier molecular flexibility index (Phi) is 8.63. The van der Waals surface area contributed by atoms with Crippen LogP contribution in [0.1, 0.15) is 25.7 Å². The zero-order chi connectivity index (χ0) is 12.1. The standard InChI is InChI=1S/C12H18N4O.2ClH/c13-7-9-1-3-10(4-2-9)12(17)16-11-5-6-14-15-8-11;;/h5-6,8-10H,1-4,7,13H2,(H,14,16,17);2*1H. The van der Waals surface area contributed by atoms with E-state index in [-0.39, 0.29) is 36.6 Å². The third-order valence-corrected chi connectivity index (χ3v) is 3.40. The summed E-state index contributed by atoms with van der Waals surface area (Å²) in [4.78, 5) is 12.0. The average molecular weight is 307 g/mol. The first-order valence-electron chi connectivity index (χ1n) is 6.07. The molecular weight excluding hydrogens is 287 g/mol. The Hall–Kier alpha value is -0.910. The Morgan fingerprint density at radius 3 is 2.47 bits per heavy atom. The van der Waals surface area contributed by atoms with E-state index < -0.39 is 0 Å². The predicted octanol–water partition coefficient (Wildman–Crippen LogP) is 2.02. The summed E-state index contributed by atoms with van der Waals surface area (Å²) in [6.45, 7) is 0.739. The van der Waals surface area contributed by atoms with Crippen molar-refractivity contribution in [1.29, 1.82) is 0 Å². The molecule has 2 rings (SSSR count). The number of carbonyl (C=O) groups is 1. The van der Waals surface area contributed by atoms with Crippen LogP contribution in [0.3, 0.4) is 0 Å². The Bertz CT molecular complexity index is 369. The van der Waals surface area contributed by atoms with Crippen LogP contribution < -0.4 is 11.1 Å². The molecule has 108 valence electrons. The van der Waals surface area contributed by atoms with Crippen LogP contribution in [0, 0.1) is 11.8 Å². The van der Waals surface area contributed by atoms with Crippen molar-refractivity contribution in [2.45, 2.75) is 25.7 Å². The van der Waals surface area contributed by atoms with Gasteiger partial charge in [0.2, 0.25) is 5.91 Å². The van der Waals surface area contributed by atoms with Crippen LogP contribution in [0.5, 0.6) is 0 Å².